The van der Waals surface area contributed by atoms with Gasteiger partial charge < -0.3 is 5.73 Å². The van der Waals surface area contributed by atoms with Gasteiger partial charge in [0, 0.05) is 18.5 Å². The third-order valence-corrected chi connectivity index (χ3v) is 3.46. The predicted molar refractivity (Wildman–Crippen MR) is 80.9 cm³/mol. The molecule has 0 bridgehead atoms. The predicted octanol–water partition coefficient (Wildman–Crippen LogP) is 2.65. The third kappa shape index (κ3) is 3.75. The number of aromatic nitrogens is 1. The molecule has 1 aromatic carbocycles. The molecule has 1 aromatic heterocycles. The number of rotatable bonds is 6. The fourth-order valence-electron chi connectivity index (χ4n) is 2.25. The van der Waals surface area contributed by atoms with E-state index >= 15 is 0 Å². The zero-order valence-electron chi connectivity index (χ0n) is 11.8. The second kappa shape index (κ2) is 6.64. The Labute approximate surface area is 115 Å². The Morgan fingerprint density at radius 1 is 1.21 bits per heavy atom. The zero-order chi connectivity index (χ0) is 13.7. The summed E-state index contributed by atoms with van der Waals surface area (Å²) in [4.78, 5) is 7.12. The molecule has 102 valence electrons. The maximum absolute atomic E-state index is 5.70. The van der Waals surface area contributed by atoms with Crippen LogP contribution in [0.15, 0.2) is 36.4 Å². The molecular formula is C16H23N3. The van der Waals surface area contributed by atoms with E-state index in [-0.39, 0.29) is 0 Å². The monoisotopic (exact) mass is 257 g/mol. The zero-order valence-corrected chi connectivity index (χ0v) is 11.8. The number of nitrogens with zero attached hydrogens (tertiary/aromatic N) is 2. The smallest absolute Gasteiger partial charge is 0.0705 e. The highest BCUT2D eigenvalue weighted by Crippen LogP contribution is 2.13. The summed E-state index contributed by atoms with van der Waals surface area (Å²) in [5.41, 5.74) is 7.90. The van der Waals surface area contributed by atoms with Crippen LogP contribution in [-0.2, 0) is 6.54 Å². The van der Waals surface area contributed by atoms with Gasteiger partial charge >= 0.3 is 0 Å². The van der Waals surface area contributed by atoms with Gasteiger partial charge in [-0.15, -0.1) is 0 Å². The Morgan fingerprint density at radius 3 is 2.74 bits per heavy atom. The molecule has 0 aliphatic rings. The largest absolute Gasteiger partial charge is 0.330 e. The number of benzene rings is 1. The van der Waals surface area contributed by atoms with Gasteiger partial charge in [0.25, 0.3) is 0 Å². The van der Waals surface area contributed by atoms with Crippen LogP contribution in [0.4, 0.5) is 0 Å². The van der Waals surface area contributed by atoms with Crippen LogP contribution in [-0.4, -0.2) is 29.5 Å². The molecule has 0 saturated heterocycles. The fraction of sp³-hybridized carbons (Fsp3) is 0.438. The van der Waals surface area contributed by atoms with Gasteiger partial charge in [-0.05, 0) is 31.1 Å². The molecule has 2 N–H and O–H groups in total. The van der Waals surface area contributed by atoms with E-state index in [1.165, 1.54) is 5.39 Å². The van der Waals surface area contributed by atoms with Crippen molar-refractivity contribution in [1.82, 2.24) is 9.88 Å². The van der Waals surface area contributed by atoms with Crippen molar-refractivity contribution in [2.75, 3.05) is 19.6 Å². The van der Waals surface area contributed by atoms with Crippen molar-refractivity contribution < 1.29 is 0 Å². The Bertz CT molecular complexity index is 524. The van der Waals surface area contributed by atoms with Gasteiger partial charge in [-0.3, -0.25) is 9.88 Å². The van der Waals surface area contributed by atoms with Crippen LogP contribution < -0.4 is 5.73 Å². The first kappa shape index (κ1) is 14.0. The lowest BCUT2D eigenvalue weighted by atomic mass is 10.1. The molecule has 0 radical (unpaired) electrons. The molecule has 1 heterocycles. The molecule has 1 atom stereocenters. The minimum atomic E-state index is 0.528. The van der Waals surface area contributed by atoms with Gasteiger partial charge in [0.1, 0.15) is 0 Å². The standard InChI is InChI=1S/C16H23N3/c1-3-19(11-13(2)10-17)12-15-9-8-14-6-4-5-7-16(14)18-15/h4-9,13H,3,10-12,17H2,1-2H3. The minimum absolute atomic E-state index is 0.528. The van der Waals surface area contributed by atoms with Crippen molar-refractivity contribution in [3.63, 3.8) is 0 Å². The van der Waals surface area contributed by atoms with Crippen LogP contribution >= 0.6 is 0 Å². The fourth-order valence-corrected chi connectivity index (χ4v) is 2.25. The Balaban J connectivity index is 2.10. The normalized spacial score (nSPS) is 13.1. The van der Waals surface area contributed by atoms with E-state index in [1.807, 2.05) is 12.1 Å². The first-order valence-electron chi connectivity index (χ1n) is 7.00. The molecule has 3 heteroatoms. The van der Waals surface area contributed by atoms with E-state index in [1.54, 1.807) is 0 Å². The lowest BCUT2D eigenvalue weighted by Crippen LogP contribution is -2.31. The number of fused-ring (bicyclic) bond motifs is 1. The highest BCUT2D eigenvalue weighted by molar-refractivity contribution is 5.78. The summed E-state index contributed by atoms with van der Waals surface area (Å²) < 4.78 is 0. The summed E-state index contributed by atoms with van der Waals surface area (Å²) >= 11 is 0. The molecule has 2 aromatic rings. The Kier molecular flexibility index (Phi) is 4.88. The van der Waals surface area contributed by atoms with Crippen LogP contribution in [0.2, 0.25) is 0 Å². The molecule has 0 aliphatic carbocycles. The minimum Gasteiger partial charge on any atom is -0.330 e. The van der Waals surface area contributed by atoms with Crippen molar-refractivity contribution in [3.05, 3.63) is 42.1 Å². The van der Waals surface area contributed by atoms with Gasteiger partial charge in [0.15, 0.2) is 0 Å². The van der Waals surface area contributed by atoms with E-state index in [2.05, 4.69) is 43.0 Å². The SMILES string of the molecule is CCN(Cc1ccc2ccccc2n1)CC(C)CN. The molecule has 19 heavy (non-hydrogen) atoms. The van der Waals surface area contributed by atoms with Crippen molar-refractivity contribution in [2.24, 2.45) is 11.7 Å². The lowest BCUT2D eigenvalue weighted by Gasteiger charge is -2.23. The maximum atomic E-state index is 5.70. The van der Waals surface area contributed by atoms with Crippen LogP contribution in [0.25, 0.3) is 10.9 Å². The second-order valence-corrected chi connectivity index (χ2v) is 5.16. The van der Waals surface area contributed by atoms with Gasteiger partial charge in [0.05, 0.1) is 11.2 Å². The second-order valence-electron chi connectivity index (χ2n) is 5.16. The number of hydrogen-bond donors (Lipinski definition) is 1. The molecule has 0 amide bonds. The first-order valence-corrected chi connectivity index (χ1v) is 7.00. The summed E-state index contributed by atoms with van der Waals surface area (Å²) in [6.07, 6.45) is 0. The van der Waals surface area contributed by atoms with Crippen molar-refractivity contribution >= 4 is 10.9 Å². The molecule has 0 saturated carbocycles. The highest BCUT2D eigenvalue weighted by Gasteiger charge is 2.09. The lowest BCUT2D eigenvalue weighted by molar-refractivity contribution is 0.241. The van der Waals surface area contributed by atoms with Crippen LogP contribution in [0.3, 0.4) is 0 Å². The van der Waals surface area contributed by atoms with Crippen molar-refractivity contribution in [2.45, 2.75) is 20.4 Å². The molecule has 1 unspecified atom stereocenters. The first-order chi connectivity index (χ1) is 9.22. The molecule has 2 rings (SSSR count). The molecule has 3 nitrogen and oxygen atoms in total. The van der Waals surface area contributed by atoms with Crippen LogP contribution in [0.5, 0.6) is 0 Å². The van der Waals surface area contributed by atoms with E-state index in [9.17, 15) is 0 Å². The Hall–Kier alpha value is -1.45. The van der Waals surface area contributed by atoms with Gasteiger partial charge in [-0.1, -0.05) is 38.1 Å². The molecule has 0 aliphatic heterocycles. The van der Waals surface area contributed by atoms with E-state index in [4.69, 9.17) is 10.7 Å². The van der Waals surface area contributed by atoms with Crippen molar-refractivity contribution in [3.8, 4) is 0 Å². The molecule has 0 fully saturated rings. The van der Waals surface area contributed by atoms with Gasteiger partial charge in [-0.2, -0.15) is 0 Å². The van der Waals surface area contributed by atoms with Crippen molar-refractivity contribution in [1.29, 1.82) is 0 Å². The average Bonchev–Trinajstić information content (AvgIpc) is 2.46. The van der Waals surface area contributed by atoms with E-state index in [0.717, 1.165) is 37.4 Å². The summed E-state index contributed by atoms with van der Waals surface area (Å²) in [7, 11) is 0. The van der Waals surface area contributed by atoms with E-state index in [0.29, 0.717) is 5.92 Å². The average molecular weight is 257 g/mol. The summed E-state index contributed by atoms with van der Waals surface area (Å²) in [6.45, 7) is 8.06. The third-order valence-electron chi connectivity index (χ3n) is 3.46. The number of hydrogen-bond acceptors (Lipinski definition) is 3. The maximum Gasteiger partial charge on any atom is 0.0705 e. The summed E-state index contributed by atoms with van der Waals surface area (Å²) in [5.74, 6) is 0.528. The quantitative estimate of drug-likeness (QED) is 0.865. The summed E-state index contributed by atoms with van der Waals surface area (Å²) in [5, 5.41) is 1.20. The number of para-hydroxylation sites is 1. The number of nitrogens with two attached hydrogens (primary N) is 1. The highest BCUT2D eigenvalue weighted by atomic mass is 15.1. The van der Waals surface area contributed by atoms with Crippen LogP contribution in [0.1, 0.15) is 19.5 Å². The topological polar surface area (TPSA) is 42.2 Å². The van der Waals surface area contributed by atoms with Gasteiger partial charge in [-0.25, -0.2) is 0 Å². The van der Waals surface area contributed by atoms with E-state index < -0.39 is 0 Å². The number of pyridine rings is 1. The van der Waals surface area contributed by atoms with Crippen LogP contribution in [0, 0.1) is 5.92 Å². The molecular weight excluding hydrogens is 234 g/mol. The Morgan fingerprint density at radius 2 is 2.00 bits per heavy atom. The molecule has 0 spiro atoms. The summed E-state index contributed by atoms with van der Waals surface area (Å²) in [6, 6.07) is 12.5. The van der Waals surface area contributed by atoms with Gasteiger partial charge in [0.2, 0.25) is 0 Å².